The summed E-state index contributed by atoms with van der Waals surface area (Å²) in [7, 11) is 0. The minimum absolute atomic E-state index is 1.16. The maximum Gasteiger partial charge on any atom is -0.0136 e. The molecule has 0 amide bonds. The molecular formula is C18H32. The number of allylic oxidation sites excluding steroid dienone is 6. The van der Waals surface area contributed by atoms with E-state index in [-0.39, 0.29) is 0 Å². The molecule has 0 saturated heterocycles. The van der Waals surface area contributed by atoms with Crippen LogP contribution >= 0.6 is 0 Å². The number of hydrogen-bond acceptors (Lipinski definition) is 0. The van der Waals surface area contributed by atoms with Crippen molar-refractivity contribution < 1.29 is 0 Å². The van der Waals surface area contributed by atoms with Gasteiger partial charge >= 0.3 is 0 Å². The third-order valence-electron chi connectivity index (χ3n) is 3.10. The van der Waals surface area contributed by atoms with Crippen molar-refractivity contribution in [2.45, 2.75) is 79.6 Å². The molecule has 0 radical (unpaired) electrons. The van der Waals surface area contributed by atoms with Crippen LogP contribution in [0.1, 0.15) is 79.6 Å². The van der Waals surface area contributed by atoms with Gasteiger partial charge in [0.25, 0.3) is 0 Å². The molecule has 0 saturated carbocycles. The Kier molecular flexibility index (Phi) is 10.8. The van der Waals surface area contributed by atoms with Gasteiger partial charge in [0.05, 0.1) is 0 Å². The van der Waals surface area contributed by atoms with Crippen LogP contribution in [0.3, 0.4) is 0 Å². The standard InChI is InChI=1S/C18H32/c1-6-8-13-18(10-7-2)15-14-17(5)12-9-11-16(3)4/h11,13-14H,6-10,12,15H2,1-5H3/b17-14+,18-13+. The van der Waals surface area contributed by atoms with Crippen LogP contribution < -0.4 is 0 Å². The summed E-state index contributed by atoms with van der Waals surface area (Å²) in [5, 5.41) is 0. The summed E-state index contributed by atoms with van der Waals surface area (Å²) in [6.45, 7) is 11.1. The Labute approximate surface area is 115 Å². The Balaban J connectivity index is 4.17. The monoisotopic (exact) mass is 248 g/mol. The lowest BCUT2D eigenvalue weighted by molar-refractivity contribution is 0.848. The van der Waals surface area contributed by atoms with E-state index in [1.165, 1.54) is 49.7 Å². The fraction of sp³-hybridized carbons (Fsp3) is 0.667. The lowest BCUT2D eigenvalue weighted by atomic mass is 10.0. The summed E-state index contributed by atoms with van der Waals surface area (Å²) in [5.74, 6) is 0. The maximum atomic E-state index is 2.45. The van der Waals surface area contributed by atoms with E-state index in [4.69, 9.17) is 0 Å². The van der Waals surface area contributed by atoms with E-state index in [9.17, 15) is 0 Å². The molecular weight excluding hydrogens is 216 g/mol. The summed E-state index contributed by atoms with van der Waals surface area (Å²) in [6, 6.07) is 0. The van der Waals surface area contributed by atoms with Crippen LogP contribution in [0.5, 0.6) is 0 Å². The molecule has 0 unspecified atom stereocenters. The molecule has 18 heavy (non-hydrogen) atoms. The predicted molar refractivity (Wildman–Crippen MR) is 84.9 cm³/mol. The molecule has 0 bridgehead atoms. The molecule has 0 aromatic carbocycles. The molecule has 104 valence electrons. The van der Waals surface area contributed by atoms with Crippen molar-refractivity contribution in [2.24, 2.45) is 0 Å². The summed E-state index contributed by atoms with van der Waals surface area (Å²) in [5.41, 5.74) is 4.59. The van der Waals surface area contributed by atoms with Crippen LogP contribution in [-0.4, -0.2) is 0 Å². The third kappa shape index (κ3) is 10.4. The van der Waals surface area contributed by atoms with Crippen LogP contribution in [0.4, 0.5) is 0 Å². The molecule has 0 aliphatic carbocycles. The van der Waals surface area contributed by atoms with Gasteiger partial charge in [-0.3, -0.25) is 0 Å². The molecule has 0 aromatic rings. The van der Waals surface area contributed by atoms with Crippen LogP contribution in [0.25, 0.3) is 0 Å². The minimum Gasteiger partial charge on any atom is -0.0856 e. The molecule has 0 heterocycles. The minimum atomic E-state index is 1.16. The second-order valence-electron chi connectivity index (χ2n) is 5.48. The van der Waals surface area contributed by atoms with Gasteiger partial charge in [0.1, 0.15) is 0 Å². The van der Waals surface area contributed by atoms with Gasteiger partial charge in [-0.1, -0.05) is 61.6 Å². The SMILES string of the molecule is CCC/C=C(/C/C=C(\C)CCC=C(C)C)CCC. The van der Waals surface area contributed by atoms with Crippen LogP contribution in [0.15, 0.2) is 34.9 Å². The lowest BCUT2D eigenvalue weighted by Crippen LogP contribution is -1.84. The molecule has 0 N–H and O–H groups in total. The fourth-order valence-corrected chi connectivity index (χ4v) is 1.95. The van der Waals surface area contributed by atoms with Gasteiger partial charge in [-0.05, 0) is 52.9 Å². The number of rotatable bonds is 9. The van der Waals surface area contributed by atoms with E-state index in [1.807, 2.05) is 0 Å². The van der Waals surface area contributed by atoms with E-state index in [0.717, 1.165) is 6.42 Å². The molecule has 0 aliphatic rings. The highest BCUT2D eigenvalue weighted by atomic mass is 14.0. The fourth-order valence-electron chi connectivity index (χ4n) is 1.95. The van der Waals surface area contributed by atoms with E-state index < -0.39 is 0 Å². The van der Waals surface area contributed by atoms with Crippen molar-refractivity contribution >= 4 is 0 Å². The lowest BCUT2D eigenvalue weighted by Gasteiger charge is -2.05. The predicted octanol–water partition coefficient (Wildman–Crippen LogP) is 6.60. The van der Waals surface area contributed by atoms with E-state index >= 15 is 0 Å². The van der Waals surface area contributed by atoms with Crippen molar-refractivity contribution in [3.05, 3.63) is 34.9 Å². The highest BCUT2D eigenvalue weighted by Gasteiger charge is 1.95. The first kappa shape index (κ1) is 17.2. The second kappa shape index (κ2) is 11.3. The highest BCUT2D eigenvalue weighted by molar-refractivity contribution is 5.11. The quantitative estimate of drug-likeness (QED) is 0.403. The number of unbranched alkanes of at least 4 members (excludes halogenated alkanes) is 1. The van der Waals surface area contributed by atoms with Crippen molar-refractivity contribution in [1.29, 1.82) is 0 Å². The molecule has 0 aliphatic heterocycles. The number of hydrogen-bond donors (Lipinski definition) is 0. The van der Waals surface area contributed by atoms with Gasteiger partial charge in [-0.25, -0.2) is 0 Å². The average molecular weight is 248 g/mol. The van der Waals surface area contributed by atoms with Gasteiger partial charge in [0.15, 0.2) is 0 Å². The summed E-state index contributed by atoms with van der Waals surface area (Å²) < 4.78 is 0. The van der Waals surface area contributed by atoms with Crippen molar-refractivity contribution in [3.63, 3.8) is 0 Å². The molecule has 0 rings (SSSR count). The smallest absolute Gasteiger partial charge is 0.0136 e. The first-order valence-electron chi connectivity index (χ1n) is 7.57. The van der Waals surface area contributed by atoms with Crippen molar-refractivity contribution in [3.8, 4) is 0 Å². The molecule has 0 nitrogen and oxygen atoms in total. The Morgan fingerprint density at radius 2 is 1.50 bits per heavy atom. The van der Waals surface area contributed by atoms with Gasteiger partial charge < -0.3 is 0 Å². The molecule has 0 fully saturated rings. The van der Waals surface area contributed by atoms with E-state index in [1.54, 1.807) is 5.57 Å². The largest absolute Gasteiger partial charge is 0.0856 e. The molecule has 0 atom stereocenters. The summed E-state index contributed by atoms with van der Waals surface area (Å²) in [4.78, 5) is 0. The first-order chi connectivity index (χ1) is 8.60. The van der Waals surface area contributed by atoms with Gasteiger partial charge in [0.2, 0.25) is 0 Å². The summed E-state index contributed by atoms with van der Waals surface area (Å²) >= 11 is 0. The Morgan fingerprint density at radius 1 is 0.778 bits per heavy atom. The average Bonchev–Trinajstić information content (AvgIpc) is 2.32. The Hall–Kier alpha value is -0.780. The van der Waals surface area contributed by atoms with Gasteiger partial charge in [-0.15, -0.1) is 0 Å². The maximum absolute atomic E-state index is 2.45. The molecule has 0 spiro atoms. The van der Waals surface area contributed by atoms with Gasteiger partial charge in [0, 0.05) is 0 Å². The van der Waals surface area contributed by atoms with Gasteiger partial charge in [-0.2, -0.15) is 0 Å². The zero-order valence-corrected chi connectivity index (χ0v) is 13.2. The zero-order chi connectivity index (χ0) is 13.8. The van der Waals surface area contributed by atoms with Crippen molar-refractivity contribution in [2.75, 3.05) is 0 Å². The Morgan fingerprint density at radius 3 is 2.06 bits per heavy atom. The molecule has 0 heteroatoms. The van der Waals surface area contributed by atoms with Crippen molar-refractivity contribution in [1.82, 2.24) is 0 Å². The Bertz CT molecular complexity index is 285. The second-order valence-corrected chi connectivity index (χ2v) is 5.48. The first-order valence-corrected chi connectivity index (χ1v) is 7.57. The van der Waals surface area contributed by atoms with E-state index in [2.05, 4.69) is 52.8 Å². The topological polar surface area (TPSA) is 0 Å². The van der Waals surface area contributed by atoms with Crippen LogP contribution in [-0.2, 0) is 0 Å². The molecule has 0 aromatic heterocycles. The zero-order valence-electron chi connectivity index (χ0n) is 13.2. The van der Waals surface area contributed by atoms with Crippen LogP contribution in [0.2, 0.25) is 0 Å². The van der Waals surface area contributed by atoms with Crippen LogP contribution in [0, 0.1) is 0 Å². The third-order valence-corrected chi connectivity index (χ3v) is 3.10. The normalized spacial score (nSPS) is 12.7. The van der Waals surface area contributed by atoms with E-state index in [0.29, 0.717) is 0 Å². The highest BCUT2D eigenvalue weighted by Crippen LogP contribution is 2.15. The summed E-state index contributed by atoms with van der Waals surface area (Å²) in [6.07, 6.45) is 15.8.